The van der Waals surface area contributed by atoms with E-state index in [2.05, 4.69) is 40.3 Å². The van der Waals surface area contributed by atoms with Gasteiger partial charge in [-0.1, -0.05) is 36.4 Å². The highest BCUT2D eigenvalue weighted by Gasteiger charge is 2.10. The molecule has 0 saturated carbocycles. The van der Waals surface area contributed by atoms with E-state index in [9.17, 15) is 0 Å². The highest BCUT2D eigenvalue weighted by molar-refractivity contribution is 7.07. The minimum Gasteiger partial charge on any atom is -0.494 e. The Bertz CT molecular complexity index is 1240. The predicted molar refractivity (Wildman–Crippen MR) is 134 cm³/mol. The molecule has 6 heteroatoms. The summed E-state index contributed by atoms with van der Waals surface area (Å²) in [5, 5.41) is 2.18. The summed E-state index contributed by atoms with van der Waals surface area (Å²) in [6.07, 6.45) is 0.841. The molecule has 4 aromatic rings. The second-order valence-electron chi connectivity index (χ2n) is 7.40. The Balaban J connectivity index is 1.68. The minimum atomic E-state index is 0.651. The lowest BCUT2D eigenvalue weighted by atomic mass is 10.1. The predicted octanol–water partition coefficient (Wildman–Crippen LogP) is 6.11. The highest BCUT2D eigenvalue weighted by Crippen LogP contribution is 2.28. The van der Waals surface area contributed by atoms with Gasteiger partial charge < -0.3 is 18.8 Å². The summed E-state index contributed by atoms with van der Waals surface area (Å²) in [5.74, 6) is 2.34. The molecule has 4 rings (SSSR count). The van der Waals surface area contributed by atoms with Crippen LogP contribution in [0.5, 0.6) is 17.2 Å². The van der Waals surface area contributed by atoms with Gasteiger partial charge >= 0.3 is 0 Å². The first-order chi connectivity index (χ1) is 16.2. The lowest BCUT2D eigenvalue weighted by Crippen LogP contribution is -2.17. The Hall–Kier alpha value is -3.51. The summed E-state index contributed by atoms with van der Waals surface area (Å²) in [5.41, 5.74) is 4.41. The van der Waals surface area contributed by atoms with E-state index in [1.165, 1.54) is 11.1 Å². The summed E-state index contributed by atoms with van der Waals surface area (Å²) < 4.78 is 18.7. The fourth-order valence-electron chi connectivity index (χ4n) is 3.65. The van der Waals surface area contributed by atoms with Crippen molar-refractivity contribution in [3.05, 3.63) is 88.5 Å². The molecule has 0 amide bonds. The van der Waals surface area contributed by atoms with Crippen molar-refractivity contribution in [3.63, 3.8) is 0 Å². The second-order valence-corrected chi connectivity index (χ2v) is 8.24. The summed E-state index contributed by atoms with van der Waals surface area (Å²) >= 11 is 1.65. The molecule has 0 N–H and O–H groups in total. The van der Waals surface area contributed by atoms with Gasteiger partial charge in [0.1, 0.15) is 5.75 Å². The molecule has 0 bridgehead atoms. The number of ether oxygens (including phenoxy) is 3. The molecule has 0 spiro atoms. The molecule has 0 fully saturated rings. The number of rotatable bonds is 9. The van der Waals surface area contributed by atoms with Gasteiger partial charge in [0.2, 0.25) is 0 Å². The van der Waals surface area contributed by atoms with E-state index >= 15 is 0 Å². The zero-order valence-electron chi connectivity index (χ0n) is 19.2. The first-order valence-corrected chi connectivity index (χ1v) is 11.8. The Morgan fingerprint density at radius 1 is 0.879 bits per heavy atom. The Kier molecular flexibility index (Phi) is 7.47. The molecule has 1 heterocycles. The Morgan fingerprint density at radius 3 is 2.33 bits per heavy atom. The van der Waals surface area contributed by atoms with E-state index in [4.69, 9.17) is 19.2 Å². The number of hydrogen-bond donors (Lipinski definition) is 0. The van der Waals surface area contributed by atoms with Crippen molar-refractivity contribution in [3.8, 4) is 28.5 Å². The normalized spacial score (nSPS) is 11.4. The third-order valence-corrected chi connectivity index (χ3v) is 6.18. The molecule has 170 valence electrons. The molecule has 0 aliphatic heterocycles. The van der Waals surface area contributed by atoms with Crippen LogP contribution < -0.4 is 19.0 Å². The molecular weight excluding hydrogens is 432 g/mol. The second kappa shape index (κ2) is 10.9. The molecule has 1 aromatic heterocycles. The van der Waals surface area contributed by atoms with Crippen LogP contribution in [-0.2, 0) is 13.0 Å². The molecule has 0 atom stereocenters. The number of methoxy groups -OCH3 is 2. The van der Waals surface area contributed by atoms with Crippen molar-refractivity contribution in [2.75, 3.05) is 20.8 Å². The third kappa shape index (κ3) is 5.46. The summed E-state index contributed by atoms with van der Waals surface area (Å²) in [4.78, 5) is 5.90. The van der Waals surface area contributed by atoms with Gasteiger partial charge in [-0.3, -0.25) is 0 Å². The van der Waals surface area contributed by atoms with Gasteiger partial charge in [0.15, 0.2) is 16.3 Å². The van der Waals surface area contributed by atoms with Gasteiger partial charge in [-0.2, -0.15) is 0 Å². The first-order valence-electron chi connectivity index (χ1n) is 10.9. The number of benzene rings is 3. The standard InChI is InChI=1S/C27H28N2O3S/c1-4-32-23-13-11-22(12-14-23)28-27-29(24(19-33-27)21-8-6-5-7-9-21)17-16-20-10-15-25(30-2)26(18-20)31-3/h5-15,18-19H,4,16-17H2,1-3H3. The zero-order valence-corrected chi connectivity index (χ0v) is 20.0. The van der Waals surface area contributed by atoms with E-state index in [-0.39, 0.29) is 0 Å². The van der Waals surface area contributed by atoms with Gasteiger partial charge in [0, 0.05) is 11.9 Å². The Morgan fingerprint density at radius 2 is 1.64 bits per heavy atom. The van der Waals surface area contributed by atoms with Crippen LogP contribution in [0.15, 0.2) is 83.2 Å². The molecule has 3 aromatic carbocycles. The average Bonchev–Trinajstić information content (AvgIpc) is 3.26. The fourth-order valence-corrected chi connectivity index (χ4v) is 4.60. The van der Waals surface area contributed by atoms with Crippen molar-refractivity contribution in [1.29, 1.82) is 0 Å². The quantitative estimate of drug-likeness (QED) is 0.303. The molecular formula is C27H28N2O3S. The number of hydrogen-bond acceptors (Lipinski definition) is 5. The monoisotopic (exact) mass is 460 g/mol. The van der Waals surface area contributed by atoms with Crippen molar-refractivity contribution >= 4 is 17.0 Å². The van der Waals surface area contributed by atoms with Crippen molar-refractivity contribution in [1.82, 2.24) is 4.57 Å². The van der Waals surface area contributed by atoms with E-state index in [0.717, 1.165) is 46.4 Å². The van der Waals surface area contributed by atoms with Crippen molar-refractivity contribution < 1.29 is 14.2 Å². The van der Waals surface area contributed by atoms with Gasteiger partial charge in [-0.05, 0) is 60.9 Å². The molecule has 5 nitrogen and oxygen atoms in total. The third-order valence-electron chi connectivity index (χ3n) is 5.31. The van der Waals surface area contributed by atoms with Crippen LogP contribution in [0.4, 0.5) is 5.69 Å². The molecule has 0 unspecified atom stereocenters. The van der Waals surface area contributed by atoms with Crippen LogP contribution in [0.3, 0.4) is 0 Å². The van der Waals surface area contributed by atoms with Crippen LogP contribution >= 0.6 is 11.3 Å². The molecule has 0 aliphatic carbocycles. The van der Waals surface area contributed by atoms with Crippen LogP contribution in [0, 0.1) is 0 Å². The van der Waals surface area contributed by atoms with Gasteiger partial charge in [0.25, 0.3) is 0 Å². The minimum absolute atomic E-state index is 0.651. The molecule has 33 heavy (non-hydrogen) atoms. The maximum absolute atomic E-state index is 5.56. The lowest BCUT2D eigenvalue weighted by Gasteiger charge is -2.12. The molecule has 0 aliphatic rings. The topological polar surface area (TPSA) is 45.0 Å². The smallest absolute Gasteiger partial charge is 0.190 e. The maximum atomic E-state index is 5.56. The summed E-state index contributed by atoms with van der Waals surface area (Å²) in [6, 6.07) is 24.4. The highest BCUT2D eigenvalue weighted by atomic mass is 32.1. The average molecular weight is 461 g/mol. The number of aromatic nitrogens is 1. The zero-order chi connectivity index (χ0) is 23.0. The number of aryl methyl sites for hydroxylation is 1. The van der Waals surface area contributed by atoms with Crippen LogP contribution in [0.25, 0.3) is 11.3 Å². The van der Waals surface area contributed by atoms with Gasteiger partial charge in [-0.25, -0.2) is 4.99 Å². The number of thiazole rings is 1. The van der Waals surface area contributed by atoms with Gasteiger partial charge in [-0.15, -0.1) is 11.3 Å². The van der Waals surface area contributed by atoms with E-state index in [1.54, 1.807) is 25.6 Å². The SMILES string of the molecule is CCOc1ccc(N=c2scc(-c3ccccc3)n2CCc2ccc(OC)c(OC)c2)cc1. The van der Waals surface area contributed by atoms with E-state index < -0.39 is 0 Å². The lowest BCUT2D eigenvalue weighted by molar-refractivity contribution is 0.340. The van der Waals surface area contributed by atoms with Crippen LogP contribution in [-0.4, -0.2) is 25.4 Å². The summed E-state index contributed by atoms with van der Waals surface area (Å²) in [6.45, 7) is 3.42. The van der Waals surface area contributed by atoms with Crippen molar-refractivity contribution in [2.24, 2.45) is 4.99 Å². The maximum Gasteiger partial charge on any atom is 0.190 e. The van der Waals surface area contributed by atoms with Gasteiger partial charge in [0.05, 0.1) is 32.2 Å². The molecule has 0 radical (unpaired) electrons. The Labute approximate surface area is 198 Å². The van der Waals surface area contributed by atoms with Crippen molar-refractivity contribution in [2.45, 2.75) is 19.9 Å². The fraction of sp³-hybridized carbons (Fsp3) is 0.222. The van der Waals surface area contributed by atoms with Crippen LogP contribution in [0.2, 0.25) is 0 Å². The number of nitrogens with zero attached hydrogens (tertiary/aromatic N) is 2. The van der Waals surface area contributed by atoms with Crippen LogP contribution in [0.1, 0.15) is 12.5 Å². The summed E-state index contributed by atoms with van der Waals surface area (Å²) in [7, 11) is 3.32. The molecule has 0 saturated heterocycles. The first kappa shape index (κ1) is 22.7. The van der Waals surface area contributed by atoms with E-state index in [1.807, 2.05) is 49.4 Å². The van der Waals surface area contributed by atoms with E-state index in [0.29, 0.717) is 6.61 Å². The largest absolute Gasteiger partial charge is 0.494 e.